The van der Waals surface area contributed by atoms with Crippen LogP contribution < -0.4 is 10.5 Å². The van der Waals surface area contributed by atoms with Crippen LogP contribution in [-0.2, 0) is 10.0 Å². The zero-order valence-corrected chi connectivity index (χ0v) is 20.0. The lowest BCUT2D eigenvalue weighted by molar-refractivity contribution is 0.111. The molecule has 0 amide bonds. The summed E-state index contributed by atoms with van der Waals surface area (Å²) in [5.74, 6) is 0. The van der Waals surface area contributed by atoms with E-state index in [2.05, 4.69) is 50.9 Å². The molecule has 174 valence electrons. The number of hydrogen-bond donors (Lipinski definition) is 2. The Balaban J connectivity index is 1.35. The number of nitrogen functional groups attached to an aromatic ring is 1. The van der Waals surface area contributed by atoms with E-state index in [0.717, 1.165) is 31.2 Å². The van der Waals surface area contributed by atoms with Crippen molar-refractivity contribution in [3.8, 4) is 0 Å². The number of rotatable bonds is 8. The Kier molecular flexibility index (Phi) is 7.67. The second-order valence-electron chi connectivity index (χ2n) is 8.21. The number of nitrogens with two attached hydrogens (primary N) is 1. The van der Waals surface area contributed by atoms with E-state index in [1.165, 1.54) is 23.3 Å². The van der Waals surface area contributed by atoms with Crippen molar-refractivity contribution in [3.05, 3.63) is 95.0 Å². The van der Waals surface area contributed by atoms with Gasteiger partial charge in [-0.3, -0.25) is 9.80 Å². The molecule has 0 spiro atoms. The minimum absolute atomic E-state index is 0.162. The highest BCUT2D eigenvalue weighted by molar-refractivity contribution is 7.89. The largest absolute Gasteiger partial charge is 0.399 e. The van der Waals surface area contributed by atoms with Crippen molar-refractivity contribution < 1.29 is 8.42 Å². The zero-order chi connectivity index (χ0) is 23.3. The molecule has 3 N–H and O–H groups in total. The van der Waals surface area contributed by atoms with Crippen LogP contribution in [0.5, 0.6) is 0 Å². The van der Waals surface area contributed by atoms with Gasteiger partial charge in [-0.1, -0.05) is 54.1 Å². The fraction of sp³-hybridized carbons (Fsp3) is 0.280. The average Bonchev–Trinajstić information content (AvgIpc) is 2.82. The zero-order valence-electron chi connectivity index (χ0n) is 18.4. The molecule has 33 heavy (non-hydrogen) atoms. The summed E-state index contributed by atoms with van der Waals surface area (Å²) in [6.07, 6.45) is 0. The monoisotopic (exact) mass is 484 g/mol. The van der Waals surface area contributed by atoms with Crippen LogP contribution in [0.4, 0.5) is 5.69 Å². The van der Waals surface area contributed by atoms with Crippen molar-refractivity contribution in [2.24, 2.45) is 0 Å². The summed E-state index contributed by atoms with van der Waals surface area (Å²) in [4.78, 5) is 5.01. The predicted octanol–water partition coefficient (Wildman–Crippen LogP) is 3.61. The molecule has 0 bridgehead atoms. The van der Waals surface area contributed by atoms with Crippen molar-refractivity contribution in [1.29, 1.82) is 0 Å². The minimum Gasteiger partial charge on any atom is -0.399 e. The van der Waals surface area contributed by atoms with Crippen LogP contribution in [0.2, 0.25) is 5.02 Å². The number of nitrogens with one attached hydrogen (secondary N) is 1. The summed E-state index contributed by atoms with van der Waals surface area (Å²) in [5.41, 5.74) is 8.66. The summed E-state index contributed by atoms with van der Waals surface area (Å²) in [7, 11) is -3.53. The van der Waals surface area contributed by atoms with E-state index in [0.29, 0.717) is 18.8 Å². The van der Waals surface area contributed by atoms with Crippen LogP contribution in [-0.4, -0.2) is 57.5 Å². The van der Waals surface area contributed by atoms with Crippen LogP contribution in [0.3, 0.4) is 0 Å². The number of hydrogen-bond acceptors (Lipinski definition) is 5. The van der Waals surface area contributed by atoms with Gasteiger partial charge in [0.15, 0.2) is 0 Å². The van der Waals surface area contributed by atoms with Crippen molar-refractivity contribution >= 4 is 27.3 Å². The van der Waals surface area contributed by atoms with Crippen molar-refractivity contribution in [2.75, 3.05) is 45.0 Å². The molecule has 3 aromatic rings. The third-order valence-electron chi connectivity index (χ3n) is 5.98. The molecule has 0 saturated carbocycles. The van der Waals surface area contributed by atoms with Gasteiger partial charge in [-0.05, 0) is 47.5 Å². The minimum atomic E-state index is -3.53. The van der Waals surface area contributed by atoms with E-state index in [1.807, 2.05) is 18.2 Å². The van der Waals surface area contributed by atoms with Gasteiger partial charge in [-0.2, -0.15) is 0 Å². The number of anilines is 1. The molecule has 6 nitrogen and oxygen atoms in total. The molecular weight excluding hydrogens is 456 g/mol. The third kappa shape index (κ3) is 6.13. The standard InChI is InChI=1S/C25H29ClN4O2S/c26-22-8-6-21(7-9-22)25(20-4-2-1-3-5-20)30-18-16-29(17-19-30)15-14-28-33(31,32)24-12-10-23(27)11-13-24/h1-13,25,28H,14-19,27H2/t25-/m1/s1. The van der Waals surface area contributed by atoms with Crippen LogP contribution in [0.15, 0.2) is 83.8 Å². The van der Waals surface area contributed by atoms with Gasteiger partial charge < -0.3 is 5.73 Å². The Morgan fingerprint density at radius 1 is 0.848 bits per heavy atom. The van der Waals surface area contributed by atoms with E-state index in [-0.39, 0.29) is 10.9 Å². The molecule has 1 heterocycles. The topological polar surface area (TPSA) is 78.7 Å². The molecule has 1 atom stereocenters. The first-order valence-electron chi connectivity index (χ1n) is 11.0. The Morgan fingerprint density at radius 3 is 2.09 bits per heavy atom. The smallest absolute Gasteiger partial charge is 0.240 e. The summed E-state index contributed by atoms with van der Waals surface area (Å²) >= 11 is 6.12. The van der Waals surface area contributed by atoms with Crippen molar-refractivity contribution in [3.63, 3.8) is 0 Å². The molecule has 0 aliphatic carbocycles. The van der Waals surface area contributed by atoms with E-state index < -0.39 is 10.0 Å². The number of sulfonamides is 1. The first-order chi connectivity index (χ1) is 15.9. The first-order valence-corrected chi connectivity index (χ1v) is 12.9. The van der Waals surface area contributed by atoms with Crippen molar-refractivity contribution in [1.82, 2.24) is 14.5 Å². The lowest BCUT2D eigenvalue weighted by Crippen LogP contribution is -2.49. The molecule has 0 unspecified atom stereocenters. The highest BCUT2D eigenvalue weighted by Crippen LogP contribution is 2.30. The molecule has 1 aliphatic rings. The molecule has 1 aliphatic heterocycles. The lowest BCUT2D eigenvalue weighted by Gasteiger charge is -2.39. The van der Waals surface area contributed by atoms with E-state index in [1.54, 1.807) is 12.1 Å². The van der Waals surface area contributed by atoms with Crippen LogP contribution in [0, 0.1) is 0 Å². The van der Waals surface area contributed by atoms with Crippen molar-refractivity contribution in [2.45, 2.75) is 10.9 Å². The summed E-state index contributed by atoms with van der Waals surface area (Å²) in [5, 5.41) is 0.733. The average molecular weight is 485 g/mol. The SMILES string of the molecule is Nc1ccc(S(=O)(=O)NCCN2CCN([C@H](c3ccccc3)c3ccc(Cl)cc3)CC2)cc1. The number of benzene rings is 3. The van der Waals surface area contributed by atoms with Gasteiger partial charge in [0.1, 0.15) is 0 Å². The van der Waals surface area contributed by atoms with E-state index in [9.17, 15) is 8.42 Å². The molecular formula is C25H29ClN4O2S. The Labute approximate surface area is 201 Å². The van der Waals surface area contributed by atoms with Crippen LogP contribution in [0.1, 0.15) is 17.2 Å². The molecule has 1 fully saturated rings. The van der Waals surface area contributed by atoms with Crippen LogP contribution >= 0.6 is 11.6 Å². The normalized spacial score (nSPS) is 16.5. The predicted molar refractivity (Wildman–Crippen MR) is 134 cm³/mol. The number of nitrogens with zero attached hydrogens (tertiary/aromatic N) is 2. The molecule has 4 rings (SSSR count). The van der Waals surface area contributed by atoms with Gasteiger partial charge >= 0.3 is 0 Å². The van der Waals surface area contributed by atoms with Gasteiger partial charge in [0.2, 0.25) is 10.0 Å². The van der Waals surface area contributed by atoms with Gasteiger partial charge in [0.25, 0.3) is 0 Å². The summed E-state index contributed by atoms with van der Waals surface area (Å²) in [6.45, 7) is 4.58. The molecule has 3 aromatic carbocycles. The summed E-state index contributed by atoms with van der Waals surface area (Å²) in [6, 6.07) is 25.0. The summed E-state index contributed by atoms with van der Waals surface area (Å²) < 4.78 is 27.6. The fourth-order valence-electron chi connectivity index (χ4n) is 4.21. The van der Waals surface area contributed by atoms with E-state index in [4.69, 9.17) is 17.3 Å². The maximum atomic E-state index is 12.5. The van der Waals surface area contributed by atoms with Gasteiger partial charge in [0.05, 0.1) is 10.9 Å². The highest BCUT2D eigenvalue weighted by atomic mass is 35.5. The maximum absolute atomic E-state index is 12.5. The van der Waals surface area contributed by atoms with E-state index >= 15 is 0 Å². The van der Waals surface area contributed by atoms with Gasteiger partial charge in [-0.15, -0.1) is 0 Å². The second kappa shape index (κ2) is 10.7. The third-order valence-corrected chi connectivity index (χ3v) is 7.71. The molecule has 1 saturated heterocycles. The number of piperazine rings is 1. The van der Waals surface area contributed by atoms with Gasteiger partial charge in [-0.25, -0.2) is 13.1 Å². The molecule has 0 radical (unpaired) electrons. The highest BCUT2D eigenvalue weighted by Gasteiger charge is 2.26. The Morgan fingerprint density at radius 2 is 1.45 bits per heavy atom. The number of halogens is 1. The molecule has 8 heteroatoms. The second-order valence-corrected chi connectivity index (χ2v) is 10.4. The lowest BCUT2D eigenvalue weighted by atomic mass is 9.96. The maximum Gasteiger partial charge on any atom is 0.240 e. The van der Waals surface area contributed by atoms with Gasteiger partial charge in [0, 0.05) is 50.0 Å². The molecule has 0 aromatic heterocycles. The first kappa shape index (κ1) is 23.7. The fourth-order valence-corrected chi connectivity index (χ4v) is 5.36. The quantitative estimate of drug-likeness (QED) is 0.477. The van der Waals surface area contributed by atoms with Crippen LogP contribution in [0.25, 0.3) is 0 Å². The Hall–Kier alpha value is -2.42. The Bertz CT molecular complexity index is 1130.